The second-order valence-electron chi connectivity index (χ2n) is 5.79. The Balaban J connectivity index is 1.82. The van der Waals surface area contributed by atoms with Crippen LogP contribution in [0.5, 0.6) is 0 Å². The van der Waals surface area contributed by atoms with Crippen LogP contribution in [0, 0.1) is 17.8 Å². The minimum absolute atomic E-state index is 0.0913. The summed E-state index contributed by atoms with van der Waals surface area (Å²) in [5, 5.41) is 12.3. The molecule has 21 heavy (non-hydrogen) atoms. The molecule has 2 aliphatic carbocycles. The molecule has 4 unspecified atom stereocenters. The highest BCUT2D eigenvalue weighted by Crippen LogP contribution is 2.49. The normalized spacial score (nSPS) is 31.4. The third-order valence-electron chi connectivity index (χ3n) is 4.60. The fourth-order valence-corrected chi connectivity index (χ4v) is 3.71. The Morgan fingerprint density at radius 1 is 1.33 bits per heavy atom. The Kier molecular flexibility index (Phi) is 3.30. The van der Waals surface area contributed by atoms with Gasteiger partial charge in [0.2, 0.25) is 0 Å². The van der Waals surface area contributed by atoms with Gasteiger partial charge in [-0.25, -0.2) is 4.98 Å². The highest BCUT2D eigenvalue weighted by molar-refractivity contribution is 5.73. The molecule has 2 fully saturated rings. The number of aliphatic carboxylic acids is 1. The number of aromatic nitrogens is 1. The average Bonchev–Trinajstić information content (AvgIpc) is 2.98. The first kappa shape index (κ1) is 14.2. The molecule has 0 aliphatic heterocycles. The predicted molar refractivity (Wildman–Crippen MR) is 68.6 cm³/mol. The van der Waals surface area contributed by atoms with Crippen molar-refractivity contribution in [1.29, 1.82) is 0 Å². The summed E-state index contributed by atoms with van der Waals surface area (Å²) in [4.78, 5) is 15.3. The number of alkyl halides is 3. The largest absolute Gasteiger partial charge is 0.481 e. The van der Waals surface area contributed by atoms with Crippen molar-refractivity contribution in [2.45, 2.75) is 31.5 Å². The van der Waals surface area contributed by atoms with Crippen LogP contribution in [0.3, 0.4) is 0 Å². The Morgan fingerprint density at radius 3 is 2.71 bits per heavy atom. The van der Waals surface area contributed by atoms with E-state index in [4.69, 9.17) is 0 Å². The standard InChI is InChI=1S/C14H15F3N2O2/c15-14(16,17)9-3-4-18-10(6-9)19-12-8-2-1-7(5-8)11(12)13(20)21/h3-4,6-8,11-12H,1-2,5H2,(H,18,19)(H,20,21). The summed E-state index contributed by atoms with van der Waals surface area (Å²) in [7, 11) is 0. The first-order chi connectivity index (χ1) is 9.86. The maximum atomic E-state index is 12.7. The van der Waals surface area contributed by atoms with Gasteiger partial charge in [0.25, 0.3) is 0 Å². The van der Waals surface area contributed by atoms with Crippen LogP contribution in [0.4, 0.5) is 19.0 Å². The van der Waals surface area contributed by atoms with Gasteiger partial charge in [0.05, 0.1) is 11.5 Å². The number of hydrogen-bond donors (Lipinski definition) is 2. The number of nitrogens with one attached hydrogen (secondary N) is 1. The summed E-state index contributed by atoms with van der Waals surface area (Å²) in [5.74, 6) is -1.01. The molecule has 2 N–H and O–H groups in total. The second kappa shape index (κ2) is 4.89. The minimum Gasteiger partial charge on any atom is -0.481 e. The number of carboxylic acids is 1. The maximum absolute atomic E-state index is 12.7. The molecule has 4 nitrogen and oxygen atoms in total. The van der Waals surface area contributed by atoms with Gasteiger partial charge < -0.3 is 10.4 Å². The zero-order valence-electron chi connectivity index (χ0n) is 11.1. The van der Waals surface area contributed by atoms with Crippen LogP contribution >= 0.6 is 0 Å². The first-order valence-corrected chi connectivity index (χ1v) is 6.89. The molecule has 0 radical (unpaired) electrons. The highest BCUT2D eigenvalue weighted by Gasteiger charge is 2.51. The van der Waals surface area contributed by atoms with E-state index in [1.807, 2.05) is 0 Å². The van der Waals surface area contributed by atoms with E-state index in [9.17, 15) is 23.1 Å². The SMILES string of the molecule is O=C(O)C1C2CCC(C2)C1Nc1cc(C(F)(F)F)ccn1. The summed E-state index contributed by atoms with van der Waals surface area (Å²) < 4.78 is 38.1. The number of rotatable bonds is 3. The van der Waals surface area contributed by atoms with Crippen LogP contribution in [0.1, 0.15) is 24.8 Å². The molecular formula is C14H15F3N2O2. The van der Waals surface area contributed by atoms with Gasteiger partial charge in [-0.1, -0.05) is 0 Å². The van der Waals surface area contributed by atoms with Gasteiger partial charge in [-0.15, -0.1) is 0 Å². The van der Waals surface area contributed by atoms with Crippen molar-refractivity contribution in [3.05, 3.63) is 23.9 Å². The Morgan fingerprint density at radius 2 is 2.05 bits per heavy atom. The smallest absolute Gasteiger partial charge is 0.416 e. The lowest BCUT2D eigenvalue weighted by molar-refractivity contribution is -0.144. The fourth-order valence-electron chi connectivity index (χ4n) is 3.71. The van der Waals surface area contributed by atoms with Crippen LogP contribution < -0.4 is 5.32 Å². The zero-order valence-corrected chi connectivity index (χ0v) is 11.1. The number of hydrogen-bond acceptors (Lipinski definition) is 3. The molecule has 1 aromatic heterocycles. The van der Waals surface area contributed by atoms with E-state index < -0.39 is 23.6 Å². The number of carbonyl (C=O) groups is 1. The van der Waals surface area contributed by atoms with Gasteiger partial charge in [0.15, 0.2) is 0 Å². The maximum Gasteiger partial charge on any atom is 0.416 e. The average molecular weight is 300 g/mol. The van der Waals surface area contributed by atoms with Crippen molar-refractivity contribution in [2.24, 2.45) is 17.8 Å². The van der Waals surface area contributed by atoms with E-state index in [0.717, 1.165) is 37.6 Å². The van der Waals surface area contributed by atoms with Crippen molar-refractivity contribution < 1.29 is 23.1 Å². The summed E-state index contributed by atoms with van der Waals surface area (Å²) >= 11 is 0. The van der Waals surface area contributed by atoms with Crippen LogP contribution in [0.25, 0.3) is 0 Å². The van der Waals surface area contributed by atoms with E-state index in [0.29, 0.717) is 0 Å². The van der Waals surface area contributed by atoms with Gasteiger partial charge in [-0.3, -0.25) is 4.79 Å². The summed E-state index contributed by atoms with van der Waals surface area (Å²) in [6.45, 7) is 0. The summed E-state index contributed by atoms with van der Waals surface area (Å²) in [6.07, 6.45) is -0.705. The zero-order chi connectivity index (χ0) is 15.2. The molecule has 1 aromatic rings. The molecule has 3 rings (SSSR count). The number of pyridine rings is 1. The lowest BCUT2D eigenvalue weighted by atomic mass is 9.84. The summed E-state index contributed by atoms with van der Waals surface area (Å²) in [5.41, 5.74) is -0.782. The van der Waals surface area contributed by atoms with E-state index in [1.54, 1.807) is 0 Å². The minimum atomic E-state index is -4.43. The lowest BCUT2D eigenvalue weighted by Gasteiger charge is -2.29. The van der Waals surface area contributed by atoms with Gasteiger partial charge in [-0.05, 0) is 43.2 Å². The monoisotopic (exact) mass is 300 g/mol. The van der Waals surface area contributed by atoms with Crippen LogP contribution in [0.15, 0.2) is 18.3 Å². The van der Waals surface area contributed by atoms with Crippen molar-refractivity contribution in [3.8, 4) is 0 Å². The molecule has 0 amide bonds. The van der Waals surface area contributed by atoms with Crippen LogP contribution in [-0.2, 0) is 11.0 Å². The first-order valence-electron chi connectivity index (χ1n) is 6.89. The number of halogens is 3. The Hall–Kier alpha value is -1.79. The quantitative estimate of drug-likeness (QED) is 0.901. The predicted octanol–water partition coefficient (Wildman–Crippen LogP) is 3.01. The van der Waals surface area contributed by atoms with Crippen molar-refractivity contribution in [3.63, 3.8) is 0 Å². The second-order valence-corrected chi connectivity index (χ2v) is 5.79. The molecule has 7 heteroatoms. The molecule has 0 spiro atoms. The van der Waals surface area contributed by atoms with Gasteiger partial charge in [0.1, 0.15) is 5.82 Å². The fraction of sp³-hybridized carbons (Fsp3) is 0.571. The topological polar surface area (TPSA) is 62.2 Å². The third-order valence-corrected chi connectivity index (χ3v) is 4.60. The van der Waals surface area contributed by atoms with E-state index >= 15 is 0 Å². The van der Waals surface area contributed by atoms with Gasteiger partial charge in [0, 0.05) is 12.2 Å². The van der Waals surface area contributed by atoms with E-state index in [-0.39, 0.29) is 23.7 Å². The van der Waals surface area contributed by atoms with Crippen LogP contribution in [0.2, 0.25) is 0 Å². The highest BCUT2D eigenvalue weighted by atomic mass is 19.4. The molecule has 1 heterocycles. The van der Waals surface area contributed by atoms with Gasteiger partial charge in [-0.2, -0.15) is 13.2 Å². The Bertz CT molecular complexity index is 561. The van der Waals surface area contributed by atoms with Crippen molar-refractivity contribution in [2.75, 3.05) is 5.32 Å². The molecule has 0 saturated heterocycles. The molecule has 2 saturated carbocycles. The molecule has 114 valence electrons. The molecule has 2 aliphatic rings. The third kappa shape index (κ3) is 2.56. The van der Waals surface area contributed by atoms with E-state index in [2.05, 4.69) is 10.3 Å². The summed E-state index contributed by atoms with van der Waals surface area (Å²) in [6, 6.07) is 1.50. The molecule has 2 bridgehead atoms. The van der Waals surface area contributed by atoms with Crippen LogP contribution in [-0.4, -0.2) is 22.1 Å². The number of carboxylic acid groups (broad SMARTS) is 1. The number of anilines is 1. The number of nitrogens with zero attached hydrogens (tertiary/aromatic N) is 1. The molecule has 4 atom stereocenters. The number of fused-ring (bicyclic) bond motifs is 2. The molecule has 0 aromatic carbocycles. The van der Waals surface area contributed by atoms with Gasteiger partial charge >= 0.3 is 12.1 Å². The molecular weight excluding hydrogens is 285 g/mol. The Labute approximate surface area is 119 Å². The lowest BCUT2D eigenvalue weighted by Crippen LogP contribution is -2.39. The van der Waals surface area contributed by atoms with Crippen molar-refractivity contribution >= 4 is 11.8 Å². The van der Waals surface area contributed by atoms with E-state index in [1.165, 1.54) is 0 Å². The van der Waals surface area contributed by atoms with Crippen molar-refractivity contribution in [1.82, 2.24) is 4.98 Å².